The fraction of sp³-hybridized carbons (Fsp3) is 0.500. The molecule has 0 bridgehead atoms. The molecule has 2 aromatic carbocycles. The van der Waals surface area contributed by atoms with Gasteiger partial charge in [0.05, 0.1) is 11.4 Å². The van der Waals surface area contributed by atoms with Crippen LogP contribution in [0.25, 0.3) is 11.4 Å². The maximum Gasteiger partial charge on any atom is 0.573 e. The van der Waals surface area contributed by atoms with Gasteiger partial charge in [-0.3, -0.25) is 4.79 Å². The maximum absolute atomic E-state index is 13.7. The summed E-state index contributed by atoms with van der Waals surface area (Å²) < 4.78 is 72.3. The maximum atomic E-state index is 13.7. The lowest BCUT2D eigenvalue weighted by molar-refractivity contribution is -0.274. The number of hydrogen-bond acceptors (Lipinski definition) is 9. The van der Waals surface area contributed by atoms with Gasteiger partial charge < -0.3 is 14.8 Å². The fourth-order valence-electron chi connectivity index (χ4n) is 4.69. The molecular weight excluding hydrogens is 575 g/mol. The summed E-state index contributed by atoms with van der Waals surface area (Å²) in [5.41, 5.74) is 0.640. The summed E-state index contributed by atoms with van der Waals surface area (Å²) in [5, 5.41) is 15.4. The molecule has 1 aromatic heterocycles. The van der Waals surface area contributed by atoms with Gasteiger partial charge in [0, 0.05) is 5.56 Å². The standard InChI is InChI=1S/C28H34F3N5O5S/c1-26(2,3)41-25(37)27(15-17-32-18-16-27)42(38,39)23-13-7-20(8-14-23)6-4-5-19-36-34-24(33-35-36)21-9-11-22(12-10-21)40-28(29,30)31/h7-14,32H,4-6,15-19H2,1-3H3. The summed E-state index contributed by atoms with van der Waals surface area (Å²) in [7, 11) is -4.00. The van der Waals surface area contributed by atoms with E-state index in [0.717, 1.165) is 12.0 Å². The topological polar surface area (TPSA) is 125 Å². The Morgan fingerprint density at radius 3 is 2.24 bits per heavy atom. The summed E-state index contributed by atoms with van der Waals surface area (Å²) in [6.45, 7) is 6.44. The SMILES string of the molecule is CC(C)(C)OC(=O)C1(S(=O)(=O)c2ccc(CCCCn3nnc(-c4ccc(OC(F)(F)F)cc4)n3)cc2)CCNCC1. The number of aromatic nitrogens is 4. The normalized spacial score (nSPS) is 15.8. The number of benzene rings is 2. The average molecular weight is 610 g/mol. The van der Waals surface area contributed by atoms with Crippen LogP contribution in [-0.4, -0.2) is 64.4 Å². The Balaban J connectivity index is 1.32. The highest BCUT2D eigenvalue weighted by Crippen LogP contribution is 2.36. The van der Waals surface area contributed by atoms with Gasteiger partial charge in [0.25, 0.3) is 0 Å². The Morgan fingerprint density at radius 1 is 1.00 bits per heavy atom. The van der Waals surface area contributed by atoms with Crippen LogP contribution < -0.4 is 10.1 Å². The second-order valence-corrected chi connectivity index (χ2v) is 13.4. The third-order valence-electron chi connectivity index (χ3n) is 6.80. The highest BCUT2D eigenvalue weighted by atomic mass is 32.2. The number of halogens is 3. The summed E-state index contributed by atoms with van der Waals surface area (Å²) >= 11 is 0. The van der Waals surface area contributed by atoms with Crippen molar-refractivity contribution in [3.8, 4) is 17.1 Å². The molecule has 1 N–H and O–H groups in total. The minimum atomic E-state index is -4.76. The molecule has 2 heterocycles. The monoisotopic (exact) mass is 609 g/mol. The first-order chi connectivity index (χ1) is 19.7. The third kappa shape index (κ3) is 7.65. The van der Waals surface area contributed by atoms with E-state index in [-0.39, 0.29) is 29.3 Å². The number of nitrogens with zero attached hydrogens (tertiary/aromatic N) is 4. The van der Waals surface area contributed by atoms with Crippen LogP contribution in [0.5, 0.6) is 5.75 Å². The molecule has 0 saturated carbocycles. The van der Waals surface area contributed by atoms with Crippen molar-refractivity contribution >= 4 is 15.8 Å². The highest BCUT2D eigenvalue weighted by molar-refractivity contribution is 7.93. The molecule has 14 heteroatoms. The second-order valence-electron chi connectivity index (χ2n) is 11.1. The van der Waals surface area contributed by atoms with Crippen molar-refractivity contribution in [2.75, 3.05) is 13.1 Å². The number of rotatable bonds is 10. The summed E-state index contributed by atoms with van der Waals surface area (Å²) in [6.07, 6.45) is -2.32. The van der Waals surface area contributed by atoms with Crippen LogP contribution in [0, 0.1) is 0 Å². The Kier molecular flexibility index (Phi) is 9.26. The van der Waals surface area contributed by atoms with E-state index in [9.17, 15) is 26.4 Å². The number of tetrazole rings is 1. The van der Waals surface area contributed by atoms with Crippen LogP contribution >= 0.6 is 0 Å². The molecule has 42 heavy (non-hydrogen) atoms. The number of aryl methyl sites for hydroxylation is 2. The Labute approximate surface area is 242 Å². The summed E-state index contributed by atoms with van der Waals surface area (Å²) in [5.74, 6) is -0.765. The fourth-order valence-corrected chi connectivity index (χ4v) is 6.63. The predicted molar refractivity (Wildman–Crippen MR) is 147 cm³/mol. The molecule has 1 saturated heterocycles. The number of unbranched alkanes of at least 4 members (excludes halogenated alkanes) is 1. The molecule has 228 valence electrons. The number of piperidine rings is 1. The Morgan fingerprint density at radius 2 is 1.64 bits per heavy atom. The van der Waals surface area contributed by atoms with E-state index in [4.69, 9.17) is 4.74 Å². The largest absolute Gasteiger partial charge is 0.573 e. The van der Waals surface area contributed by atoms with Gasteiger partial charge in [0.15, 0.2) is 14.6 Å². The molecule has 1 fully saturated rings. The van der Waals surface area contributed by atoms with Gasteiger partial charge in [-0.05, 0) is 113 Å². The number of sulfone groups is 1. The molecule has 0 spiro atoms. The van der Waals surface area contributed by atoms with E-state index >= 15 is 0 Å². The quantitative estimate of drug-likeness (QED) is 0.261. The van der Waals surface area contributed by atoms with Crippen LogP contribution in [0.4, 0.5) is 13.2 Å². The van der Waals surface area contributed by atoms with E-state index in [1.807, 2.05) is 0 Å². The number of alkyl halides is 3. The van der Waals surface area contributed by atoms with E-state index in [0.29, 0.717) is 38.0 Å². The van der Waals surface area contributed by atoms with Crippen molar-refractivity contribution in [1.82, 2.24) is 25.5 Å². The summed E-state index contributed by atoms with van der Waals surface area (Å²) in [6, 6.07) is 11.8. The van der Waals surface area contributed by atoms with E-state index in [1.54, 1.807) is 45.0 Å². The minimum Gasteiger partial charge on any atom is -0.459 e. The van der Waals surface area contributed by atoms with Gasteiger partial charge in [0.2, 0.25) is 5.82 Å². The molecule has 0 unspecified atom stereocenters. The van der Waals surface area contributed by atoms with Gasteiger partial charge >= 0.3 is 12.3 Å². The molecule has 0 atom stereocenters. The van der Waals surface area contributed by atoms with E-state index in [2.05, 4.69) is 25.5 Å². The number of nitrogens with one attached hydrogen (secondary N) is 1. The smallest absolute Gasteiger partial charge is 0.459 e. The molecule has 0 aliphatic carbocycles. The van der Waals surface area contributed by atoms with E-state index in [1.165, 1.54) is 29.1 Å². The zero-order valence-corrected chi connectivity index (χ0v) is 24.5. The molecule has 1 aliphatic heterocycles. The lowest BCUT2D eigenvalue weighted by atomic mass is 9.96. The van der Waals surface area contributed by atoms with Crippen LogP contribution in [0.2, 0.25) is 0 Å². The predicted octanol–water partition coefficient (Wildman–Crippen LogP) is 4.50. The van der Waals surface area contributed by atoms with Crippen molar-refractivity contribution in [2.45, 2.75) is 81.0 Å². The zero-order chi connectivity index (χ0) is 30.6. The van der Waals surface area contributed by atoms with Crippen molar-refractivity contribution in [1.29, 1.82) is 0 Å². The van der Waals surface area contributed by atoms with Crippen LogP contribution in [-0.2, 0) is 32.3 Å². The lowest BCUT2D eigenvalue weighted by Gasteiger charge is -2.36. The lowest BCUT2D eigenvalue weighted by Crippen LogP contribution is -2.55. The Hall–Kier alpha value is -3.52. The van der Waals surface area contributed by atoms with Gasteiger partial charge in [-0.25, -0.2) is 8.42 Å². The van der Waals surface area contributed by atoms with Crippen LogP contribution in [0.15, 0.2) is 53.4 Å². The molecule has 4 rings (SSSR count). The molecule has 0 amide bonds. The van der Waals surface area contributed by atoms with Crippen molar-refractivity contribution in [2.24, 2.45) is 0 Å². The number of carbonyl (C=O) groups excluding carboxylic acids is 1. The first kappa shape index (κ1) is 31.4. The van der Waals surface area contributed by atoms with Crippen LogP contribution in [0.1, 0.15) is 52.0 Å². The summed E-state index contributed by atoms with van der Waals surface area (Å²) in [4.78, 5) is 14.7. The van der Waals surface area contributed by atoms with Gasteiger partial charge in [-0.15, -0.1) is 23.4 Å². The van der Waals surface area contributed by atoms with E-state index < -0.39 is 32.5 Å². The van der Waals surface area contributed by atoms with Gasteiger partial charge in [0.1, 0.15) is 11.4 Å². The van der Waals surface area contributed by atoms with Gasteiger partial charge in [-0.1, -0.05) is 12.1 Å². The molecule has 1 aliphatic rings. The number of carbonyl (C=O) groups is 1. The first-order valence-electron chi connectivity index (χ1n) is 13.6. The molecule has 10 nitrogen and oxygen atoms in total. The second kappa shape index (κ2) is 12.4. The molecule has 3 aromatic rings. The molecular formula is C28H34F3N5O5S. The minimum absolute atomic E-state index is 0.0938. The Bertz CT molecular complexity index is 1460. The van der Waals surface area contributed by atoms with Crippen molar-refractivity contribution < 1.29 is 35.9 Å². The zero-order valence-electron chi connectivity index (χ0n) is 23.6. The number of hydrogen-bond donors (Lipinski definition) is 1. The first-order valence-corrected chi connectivity index (χ1v) is 15.1. The molecule has 0 radical (unpaired) electrons. The highest BCUT2D eigenvalue weighted by Gasteiger charge is 2.54. The van der Waals surface area contributed by atoms with Gasteiger partial charge in [-0.2, -0.15) is 4.80 Å². The average Bonchev–Trinajstić information content (AvgIpc) is 3.39. The number of esters is 1. The van der Waals surface area contributed by atoms with Crippen molar-refractivity contribution in [3.05, 3.63) is 54.1 Å². The van der Waals surface area contributed by atoms with Crippen LogP contribution in [0.3, 0.4) is 0 Å². The van der Waals surface area contributed by atoms with Crippen molar-refractivity contribution in [3.63, 3.8) is 0 Å². The number of ether oxygens (including phenoxy) is 2. The third-order valence-corrected chi connectivity index (χ3v) is 9.30.